The minimum Gasteiger partial charge on any atom is -0.391 e. The van der Waals surface area contributed by atoms with E-state index < -0.39 is 5.79 Å². The molecule has 0 spiro atoms. The van der Waals surface area contributed by atoms with Gasteiger partial charge >= 0.3 is 0 Å². The standard InChI is InChI=1S/C10H22NO3/c1-10(2)13-8-9(14-10)7-11(3,4)5-6-12/h9,12H,5-8H2,1-4H3/q+1. The summed E-state index contributed by atoms with van der Waals surface area (Å²) in [6.07, 6.45) is 0.145. The van der Waals surface area contributed by atoms with Gasteiger partial charge < -0.3 is 19.1 Å². The summed E-state index contributed by atoms with van der Waals surface area (Å²) < 4.78 is 12.0. The van der Waals surface area contributed by atoms with Gasteiger partial charge in [-0.25, -0.2) is 0 Å². The van der Waals surface area contributed by atoms with Crippen molar-refractivity contribution in [2.24, 2.45) is 0 Å². The van der Waals surface area contributed by atoms with E-state index in [1.807, 2.05) is 13.8 Å². The number of hydrogen-bond acceptors (Lipinski definition) is 3. The first-order valence-corrected chi connectivity index (χ1v) is 5.09. The maximum Gasteiger partial charge on any atom is 0.163 e. The molecule has 0 aliphatic carbocycles. The zero-order valence-electron chi connectivity index (χ0n) is 9.62. The van der Waals surface area contributed by atoms with Gasteiger partial charge in [-0.15, -0.1) is 0 Å². The molecule has 0 saturated carbocycles. The van der Waals surface area contributed by atoms with Crippen molar-refractivity contribution in [3.63, 3.8) is 0 Å². The molecule has 0 bridgehead atoms. The Morgan fingerprint density at radius 2 is 2.07 bits per heavy atom. The van der Waals surface area contributed by atoms with E-state index in [2.05, 4.69) is 14.1 Å². The molecule has 0 aromatic heterocycles. The van der Waals surface area contributed by atoms with Gasteiger partial charge in [-0.05, 0) is 13.8 Å². The topological polar surface area (TPSA) is 38.7 Å². The third-order valence-electron chi connectivity index (χ3n) is 2.47. The first-order chi connectivity index (χ1) is 6.35. The fourth-order valence-corrected chi connectivity index (χ4v) is 1.77. The van der Waals surface area contributed by atoms with Gasteiger partial charge in [0, 0.05) is 0 Å². The van der Waals surface area contributed by atoms with Gasteiger partial charge in [-0.1, -0.05) is 0 Å². The Bertz CT molecular complexity index is 192. The highest BCUT2D eigenvalue weighted by molar-refractivity contribution is 4.70. The van der Waals surface area contributed by atoms with E-state index in [0.717, 1.165) is 17.6 Å². The number of aliphatic hydroxyl groups is 1. The number of nitrogens with zero attached hydrogens (tertiary/aromatic N) is 1. The van der Waals surface area contributed by atoms with Crippen molar-refractivity contribution in [1.82, 2.24) is 0 Å². The number of rotatable bonds is 4. The summed E-state index contributed by atoms with van der Waals surface area (Å²) in [4.78, 5) is 0. The van der Waals surface area contributed by atoms with Crippen LogP contribution in [0, 0.1) is 0 Å². The molecule has 1 saturated heterocycles. The molecule has 1 heterocycles. The summed E-state index contributed by atoms with van der Waals surface area (Å²) in [6.45, 7) is 6.35. The van der Waals surface area contributed by atoms with Crippen LogP contribution in [-0.2, 0) is 9.47 Å². The second-order valence-corrected chi connectivity index (χ2v) is 5.02. The predicted molar refractivity (Wildman–Crippen MR) is 53.8 cm³/mol. The Hall–Kier alpha value is -0.160. The molecule has 0 aromatic rings. The van der Waals surface area contributed by atoms with Crippen LogP contribution in [0.25, 0.3) is 0 Å². The van der Waals surface area contributed by atoms with Crippen LogP contribution >= 0.6 is 0 Å². The van der Waals surface area contributed by atoms with Crippen molar-refractivity contribution < 1.29 is 19.1 Å². The van der Waals surface area contributed by atoms with Crippen LogP contribution in [0.4, 0.5) is 0 Å². The quantitative estimate of drug-likeness (QED) is 0.665. The van der Waals surface area contributed by atoms with Gasteiger partial charge in [0.05, 0.1) is 27.3 Å². The van der Waals surface area contributed by atoms with E-state index in [4.69, 9.17) is 14.6 Å². The first-order valence-electron chi connectivity index (χ1n) is 5.09. The molecule has 1 atom stereocenters. The third-order valence-corrected chi connectivity index (χ3v) is 2.47. The zero-order valence-corrected chi connectivity index (χ0v) is 9.62. The highest BCUT2D eigenvalue weighted by Crippen LogP contribution is 2.23. The maximum atomic E-state index is 8.89. The fourth-order valence-electron chi connectivity index (χ4n) is 1.77. The lowest BCUT2D eigenvalue weighted by Crippen LogP contribution is -2.48. The molecule has 0 radical (unpaired) electrons. The minimum atomic E-state index is -0.441. The average Bonchev–Trinajstić information content (AvgIpc) is 2.28. The molecule has 1 aliphatic heterocycles. The second kappa shape index (κ2) is 4.14. The number of hydrogen-bond donors (Lipinski definition) is 1. The van der Waals surface area contributed by atoms with Crippen molar-refractivity contribution in [2.75, 3.05) is 40.4 Å². The lowest BCUT2D eigenvalue weighted by atomic mass is 10.3. The lowest BCUT2D eigenvalue weighted by molar-refractivity contribution is -0.893. The first kappa shape index (κ1) is 11.9. The number of quaternary nitrogens is 1. The summed E-state index contributed by atoms with van der Waals surface area (Å²) in [5.41, 5.74) is 0. The Labute approximate surface area is 86.0 Å². The van der Waals surface area contributed by atoms with E-state index in [9.17, 15) is 0 Å². The van der Waals surface area contributed by atoms with E-state index >= 15 is 0 Å². The summed E-state index contributed by atoms with van der Waals surface area (Å²) in [5, 5.41) is 8.89. The van der Waals surface area contributed by atoms with Crippen molar-refractivity contribution in [1.29, 1.82) is 0 Å². The van der Waals surface area contributed by atoms with E-state index in [1.165, 1.54) is 0 Å². The summed E-state index contributed by atoms with van der Waals surface area (Å²) >= 11 is 0. The van der Waals surface area contributed by atoms with Crippen LogP contribution in [0.15, 0.2) is 0 Å². The molecule has 4 heteroatoms. The van der Waals surface area contributed by atoms with Crippen molar-refractivity contribution in [2.45, 2.75) is 25.7 Å². The molecule has 4 nitrogen and oxygen atoms in total. The molecule has 14 heavy (non-hydrogen) atoms. The maximum absolute atomic E-state index is 8.89. The van der Waals surface area contributed by atoms with Gasteiger partial charge in [0.1, 0.15) is 19.2 Å². The molecule has 0 aromatic carbocycles. The third kappa shape index (κ3) is 3.53. The molecular weight excluding hydrogens is 182 g/mol. The molecule has 1 N–H and O–H groups in total. The van der Waals surface area contributed by atoms with Crippen LogP contribution in [0.1, 0.15) is 13.8 Å². The van der Waals surface area contributed by atoms with E-state index in [-0.39, 0.29) is 12.7 Å². The largest absolute Gasteiger partial charge is 0.391 e. The SMILES string of the molecule is CC1(C)OCC(C[N+](C)(C)CCO)O1. The Balaban J connectivity index is 2.39. The van der Waals surface area contributed by atoms with Gasteiger partial charge in [-0.2, -0.15) is 0 Å². The van der Waals surface area contributed by atoms with Crippen LogP contribution in [-0.4, -0.2) is 61.9 Å². The van der Waals surface area contributed by atoms with Crippen molar-refractivity contribution >= 4 is 0 Å². The summed E-state index contributed by atoms with van der Waals surface area (Å²) in [7, 11) is 4.18. The van der Waals surface area contributed by atoms with Crippen LogP contribution in [0.5, 0.6) is 0 Å². The number of likely N-dealkylation sites (N-methyl/N-ethyl adjacent to an activating group) is 1. The monoisotopic (exact) mass is 204 g/mol. The lowest BCUT2D eigenvalue weighted by Gasteiger charge is -2.31. The normalized spacial score (nSPS) is 26.8. The second-order valence-electron chi connectivity index (χ2n) is 5.02. The predicted octanol–water partition coefficient (Wildman–Crippen LogP) is 0.207. The number of aliphatic hydroxyl groups excluding tert-OH is 1. The molecular formula is C10H22NO3+. The van der Waals surface area contributed by atoms with Gasteiger partial charge in [0.15, 0.2) is 5.79 Å². The fraction of sp³-hybridized carbons (Fsp3) is 1.00. The average molecular weight is 204 g/mol. The summed E-state index contributed by atoms with van der Waals surface area (Å²) in [6, 6.07) is 0. The summed E-state index contributed by atoms with van der Waals surface area (Å²) in [5.74, 6) is -0.441. The van der Waals surface area contributed by atoms with Crippen LogP contribution in [0.3, 0.4) is 0 Å². The Kier molecular flexibility index (Phi) is 3.53. The van der Waals surface area contributed by atoms with Gasteiger partial charge in [0.25, 0.3) is 0 Å². The number of ether oxygens (including phenoxy) is 2. The van der Waals surface area contributed by atoms with Gasteiger partial charge in [-0.3, -0.25) is 0 Å². The molecule has 1 rings (SSSR count). The Morgan fingerprint density at radius 1 is 1.43 bits per heavy atom. The van der Waals surface area contributed by atoms with Crippen LogP contribution in [0.2, 0.25) is 0 Å². The minimum absolute atomic E-state index is 0.145. The van der Waals surface area contributed by atoms with Crippen molar-refractivity contribution in [3.05, 3.63) is 0 Å². The van der Waals surface area contributed by atoms with Crippen molar-refractivity contribution in [3.8, 4) is 0 Å². The smallest absolute Gasteiger partial charge is 0.163 e. The highest BCUT2D eigenvalue weighted by Gasteiger charge is 2.36. The zero-order chi connectivity index (χ0) is 10.8. The Morgan fingerprint density at radius 3 is 2.50 bits per heavy atom. The van der Waals surface area contributed by atoms with E-state index in [1.54, 1.807) is 0 Å². The highest BCUT2D eigenvalue weighted by atomic mass is 16.7. The molecule has 1 fully saturated rings. The molecule has 1 unspecified atom stereocenters. The molecule has 84 valence electrons. The van der Waals surface area contributed by atoms with Crippen LogP contribution < -0.4 is 0 Å². The molecule has 0 amide bonds. The molecule has 1 aliphatic rings. The van der Waals surface area contributed by atoms with E-state index in [0.29, 0.717) is 6.61 Å². The van der Waals surface area contributed by atoms with Gasteiger partial charge in [0.2, 0.25) is 0 Å².